The molecule has 0 radical (unpaired) electrons. The van der Waals surface area contributed by atoms with E-state index in [0.29, 0.717) is 13.2 Å². The smallest absolute Gasteiger partial charge is 0.120 e. The molecule has 0 aliphatic heterocycles. The van der Waals surface area contributed by atoms with Crippen molar-refractivity contribution in [2.24, 2.45) is 11.5 Å². The molecule has 4 heteroatoms. The van der Waals surface area contributed by atoms with Gasteiger partial charge in [-0.05, 0) is 27.2 Å². The largest absolute Gasteiger partial charge is 0.363 e. The maximum absolute atomic E-state index is 5.77. The van der Waals surface area contributed by atoms with Gasteiger partial charge in [-0.2, -0.15) is 0 Å². The van der Waals surface area contributed by atoms with Crippen molar-refractivity contribution in [2.75, 3.05) is 13.2 Å². The minimum absolute atomic E-state index is 0.182. The summed E-state index contributed by atoms with van der Waals surface area (Å²) in [5.41, 5.74) is 11.0. The van der Waals surface area contributed by atoms with Crippen molar-refractivity contribution in [1.29, 1.82) is 0 Å². The highest BCUT2D eigenvalue weighted by Crippen LogP contribution is 2.15. The molecule has 0 aliphatic carbocycles. The maximum atomic E-state index is 5.77. The highest BCUT2D eigenvalue weighted by atomic mass is 32.1. The lowest BCUT2D eigenvalue weighted by atomic mass is 10.0. The third kappa shape index (κ3) is 6.91. The molecule has 0 spiro atoms. The van der Waals surface area contributed by atoms with E-state index in [1.807, 2.05) is 20.8 Å². The Balaban J connectivity index is 3.57. The quantitative estimate of drug-likeness (QED) is 0.444. The molecule has 0 rings (SSSR count). The number of thiol groups is 1. The Kier molecular flexibility index (Phi) is 4.55. The number of nitrogens with two attached hydrogens (primary N) is 2. The average molecular weight is 192 g/mol. The Hall–Kier alpha value is 0.230. The number of ether oxygens (including phenoxy) is 1. The van der Waals surface area contributed by atoms with Crippen molar-refractivity contribution >= 4 is 12.6 Å². The summed E-state index contributed by atoms with van der Waals surface area (Å²) in [4.78, 5) is -0.523. The van der Waals surface area contributed by atoms with Gasteiger partial charge in [-0.3, -0.25) is 0 Å². The monoisotopic (exact) mass is 192 g/mol. The fourth-order valence-electron chi connectivity index (χ4n) is 0.593. The summed E-state index contributed by atoms with van der Waals surface area (Å²) >= 11 is 4.23. The summed E-state index contributed by atoms with van der Waals surface area (Å²) < 4.78 is 5.41. The van der Waals surface area contributed by atoms with Gasteiger partial charge in [-0.15, -0.1) is 12.6 Å². The van der Waals surface area contributed by atoms with Crippen LogP contribution >= 0.6 is 12.6 Å². The van der Waals surface area contributed by atoms with Crippen LogP contribution in [0.25, 0.3) is 0 Å². The first-order chi connectivity index (χ1) is 5.27. The fourth-order valence-corrected chi connectivity index (χ4v) is 0.684. The zero-order chi connectivity index (χ0) is 9.83. The number of rotatable bonds is 5. The van der Waals surface area contributed by atoms with Gasteiger partial charge < -0.3 is 16.2 Å². The molecule has 3 nitrogen and oxygen atoms in total. The highest BCUT2D eigenvalue weighted by Gasteiger charge is 2.18. The van der Waals surface area contributed by atoms with Crippen molar-refractivity contribution < 1.29 is 4.74 Å². The van der Waals surface area contributed by atoms with Crippen LogP contribution in [0.5, 0.6) is 0 Å². The van der Waals surface area contributed by atoms with E-state index in [1.54, 1.807) is 0 Å². The number of hydrogen-bond acceptors (Lipinski definition) is 4. The van der Waals surface area contributed by atoms with E-state index < -0.39 is 4.93 Å². The minimum Gasteiger partial charge on any atom is -0.363 e. The van der Waals surface area contributed by atoms with Gasteiger partial charge in [0.1, 0.15) is 4.93 Å². The molecular weight excluding hydrogens is 172 g/mol. The first-order valence-electron chi connectivity index (χ1n) is 4.12. The second kappa shape index (κ2) is 4.46. The molecular formula is C8H20N2OS. The van der Waals surface area contributed by atoms with Gasteiger partial charge in [0.25, 0.3) is 0 Å². The SMILES string of the molecule is CC(C)(N)CCOC(C)(S)CN. The van der Waals surface area contributed by atoms with E-state index >= 15 is 0 Å². The molecule has 0 aromatic rings. The summed E-state index contributed by atoms with van der Waals surface area (Å²) in [6.45, 7) is 6.78. The lowest BCUT2D eigenvalue weighted by molar-refractivity contribution is 0.0380. The molecule has 1 unspecified atom stereocenters. The molecule has 0 aromatic heterocycles. The van der Waals surface area contributed by atoms with Crippen molar-refractivity contribution in [1.82, 2.24) is 0 Å². The van der Waals surface area contributed by atoms with Crippen LogP contribution in [-0.2, 0) is 4.74 Å². The summed E-state index contributed by atoms with van der Waals surface area (Å²) in [5, 5.41) is 0. The second-order valence-electron chi connectivity index (χ2n) is 3.97. The van der Waals surface area contributed by atoms with Gasteiger partial charge in [0.2, 0.25) is 0 Å². The Morgan fingerprint density at radius 2 is 1.83 bits per heavy atom. The van der Waals surface area contributed by atoms with Gasteiger partial charge in [0.15, 0.2) is 0 Å². The molecule has 0 saturated carbocycles. The third-order valence-electron chi connectivity index (χ3n) is 1.54. The van der Waals surface area contributed by atoms with E-state index in [4.69, 9.17) is 16.2 Å². The first kappa shape index (κ1) is 12.2. The van der Waals surface area contributed by atoms with Crippen LogP contribution in [0.1, 0.15) is 27.2 Å². The van der Waals surface area contributed by atoms with Crippen molar-refractivity contribution in [3.8, 4) is 0 Å². The van der Waals surface area contributed by atoms with Gasteiger partial charge >= 0.3 is 0 Å². The van der Waals surface area contributed by atoms with E-state index in [2.05, 4.69) is 12.6 Å². The summed E-state index contributed by atoms with van der Waals surface area (Å²) in [6.07, 6.45) is 0.809. The van der Waals surface area contributed by atoms with Crippen LogP contribution in [0.2, 0.25) is 0 Å². The van der Waals surface area contributed by atoms with Crippen molar-refractivity contribution in [3.05, 3.63) is 0 Å². The molecule has 0 amide bonds. The van der Waals surface area contributed by atoms with Gasteiger partial charge in [-0.25, -0.2) is 0 Å². The predicted molar refractivity (Wildman–Crippen MR) is 55.3 cm³/mol. The Bertz CT molecular complexity index is 132. The van der Waals surface area contributed by atoms with Crippen LogP contribution in [0.4, 0.5) is 0 Å². The third-order valence-corrected chi connectivity index (χ3v) is 1.85. The van der Waals surface area contributed by atoms with Crippen LogP contribution in [0.3, 0.4) is 0 Å². The molecule has 0 saturated heterocycles. The van der Waals surface area contributed by atoms with E-state index in [0.717, 1.165) is 6.42 Å². The zero-order valence-electron chi connectivity index (χ0n) is 8.13. The lowest BCUT2D eigenvalue weighted by Crippen LogP contribution is -2.37. The first-order valence-corrected chi connectivity index (χ1v) is 4.57. The number of hydrogen-bond donors (Lipinski definition) is 3. The van der Waals surface area contributed by atoms with Gasteiger partial charge in [-0.1, -0.05) is 0 Å². The summed E-state index contributed by atoms with van der Waals surface area (Å²) in [5.74, 6) is 0. The molecule has 0 aliphatic rings. The maximum Gasteiger partial charge on any atom is 0.120 e. The molecule has 74 valence electrons. The topological polar surface area (TPSA) is 61.3 Å². The lowest BCUT2D eigenvalue weighted by Gasteiger charge is -2.25. The van der Waals surface area contributed by atoms with Crippen LogP contribution < -0.4 is 11.5 Å². The van der Waals surface area contributed by atoms with Gasteiger partial charge in [0, 0.05) is 12.1 Å². The summed E-state index contributed by atoms with van der Waals surface area (Å²) in [6, 6.07) is 0. The minimum atomic E-state index is -0.523. The molecule has 12 heavy (non-hydrogen) atoms. The summed E-state index contributed by atoms with van der Waals surface area (Å²) in [7, 11) is 0. The van der Waals surface area contributed by atoms with Crippen LogP contribution in [0, 0.1) is 0 Å². The molecule has 1 atom stereocenters. The Morgan fingerprint density at radius 3 is 2.17 bits per heavy atom. The molecule has 0 aromatic carbocycles. The average Bonchev–Trinajstić information content (AvgIpc) is 1.84. The van der Waals surface area contributed by atoms with Crippen LogP contribution in [0.15, 0.2) is 0 Å². The Labute approximate surface area is 80.2 Å². The van der Waals surface area contributed by atoms with Crippen molar-refractivity contribution in [2.45, 2.75) is 37.7 Å². The fraction of sp³-hybridized carbons (Fsp3) is 1.00. The molecule has 4 N–H and O–H groups in total. The standard InChI is InChI=1S/C8H20N2OS/c1-7(2,10)4-5-11-8(3,12)6-9/h12H,4-6,9-10H2,1-3H3. The second-order valence-corrected chi connectivity index (χ2v) is 4.91. The van der Waals surface area contributed by atoms with Gasteiger partial charge in [0.05, 0.1) is 6.61 Å². The molecule has 0 bridgehead atoms. The zero-order valence-corrected chi connectivity index (χ0v) is 9.03. The predicted octanol–water partition coefficient (Wildman–Crippen LogP) is 0.735. The van der Waals surface area contributed by atoms with Crippen molar-refractivity contribution in [3.63, 3.8) is 0 Å². The van der Waals surface area contributed by atoms with E-state index in [-0.39, 0.29) is 5.54 Å². The van der Waals surface area contributed by atoms with E-state index in [1.165, 1.54) is 0 Å². The van der Waals surface area contributed by atoms with Crippen LogP contribution in [-0.4, -0.2) is 23.6 Å². The molecule has 0 fully saturated rings. The Morgan fingerprint density at radius 1 is 1.33 bits per heavy atom. The van der Waals surface area contributed by atoms with E-state index in [9.17, 15) is 0 Å². The molecule has 0 heterocycles. The normalized spacial score (nSPS) is 17.5. The highest BCUT2D eigenvalue weighted by molar-refractivity contribution is 7.81.